The van der Waals surface area contributed by atoms with Crippen molar-refractivity contribution in [1.29, 1.82) is 0 Å². The zero-order valence-corrected chi connectivity index (χ0v) is 14.3. The molecule has 0 atom stereocenters. The first-order chi connectivity index (χ1) is 11.3. The first-order valence-corrected chi connectivity index (χ1v) is 9.38. The Balaban J connectivity index is 1.62. The van der Waals surface area contributed by atoms with Crippen LogP contribution in [0.4, 0.5) is 0 Å². The van der Waals surface area contributed by atoms with E-state index >= 15 is 0 Å². The van der Waals surface area contributed by atoms with Gasteiger partial charge in [0.2, 0.25) is 0 Å². The Labute approximate surface area is 140 Å². The summed E-state index contributed by atoms with van der Waals surface area (Å²) in [5, 5.41) is 0. The van der Waals surface area contributed by atoms with Crippen molar-refractivity contribution >= 4 is 0 Å². The van der Waals surface area contributed by atoms with E-state index in [0.29, 0.717) is 18.6 Å². The van der Waals surface area contributed by atoms with E-state index in [9.17, 15) is 0 Å². The smallest absolute Gasteiger partial charge is 0.123 e. The van der Waals surface area contributed by atoms with Crippen LogP contribution in [0.25, 0.3) is 0 Å². The van der Waals surface area contributed by atoms with Crippen molar-refractivity contribution < 1.29 is 9.47 Å². The Hall–Kier alpha value is -1.22. The lowest BCUT2D eigenvalue weighted by atomic mass is 9.73. The van der Waals surface area contributed by atoms with Crippen molar-refractivity contribution in [3.05, 3.63) is 24.3 Å². The fraction of sp³-hybridized carbons (Fsp3) is 0.700. The first-order valence-electron chi connectivity index (χ1n) is 9.38. The summed E-state index contributed by atoms with van der Waals surface area (Å²) >= 11 is 0. The van der Waals surface area contributed by atoms with Gasteiger partial charge >= 0.3 is 0 Å². The van der Waals surface area contributed by atoms with Gasteiger partial charge in [-0.25, -0.2) is 0 Å². The van der Waals surface area contributed by atoms with Crippen LogP contribution >= 0.6 is 0 Å². The second-order valence-electron chi connectivity index (χ2n) is 7.31. The number of nitrogens with two attached hydrogens (primary N) is 1. The summed E-state index contributed by atoms with van der Waals surface area (Å²) in [4.78, 5) is 0. The van der Waals surface area contributed by atoms with Gasteiger partial charge in [-0.15, -0.1) is 0 Å². The van der Waals surface area contributed by atoms with Gasteiger partial charge in [-0.3, -0.25) is 0 Å². The summed E-state index contributed by atoms with van der Waals surface area (Å²) in [6, 6.07) is 8.01. The van der Waals surface area contributed by atoms with Gasteiger partial charge in [0.15, 0.2) is 0 Å². The lowest BCUT2D eigenvalue weighted by Crippen LogP contribution is -2.32. The zero-order chi connectivity index (χ0) is 16.0. The zero-order valence-electron chi connectivity index (χ0n) is 14.3. The quantitative estimate of drug-likeness (QED) is 0.802. The number of ether oxygens (including phenoxy) is 2. The largest absolute Gasteiger partial charge is 0.493 e. The van der Waals surface area contributed by atoms with Crippen LogP contribution in [0.5, 0.6) is 11.5 Å². The Morgan fingerprint density at radius 3 is 2.26 bits per heavy atom. The third kappa shape index (κ3) is 4.63. The van der Waals surface area contributed by atoms with Crippen LogP contribution in [0.1, 0.15) is 57.8 Å². The van der Waals surface area contributed by atoms with Crippen LogP contribution < -0.4 is 15.2 Å². The van der Waals surface area contributed by atoms with E-state index in [1.54, 1.807) is 0 Å². The van der Waals surface area contributed by atoms with Crippen molar-refractivity contribution in [1.82, 2.24) is 0 Å². The highest BCUT2D eigenvalue weighted by Gasteiger charge is 2.45. The molecule has 3 rings (SSSR count). The van der Waals surface area contributed by atoms with Gasteiger partial charge in [-0.05, 0) is 43.7 Å². The molecule has 1 aromatic carbocycles. The monoisotopic (exact) mass is 317 g/mol. The summed E-state index contributed by atoms with van der Waals surface area (Å²) in [6.45, 7) is 1.96. The maximum absolute atomic E-state index is 6.26. The van der Waals surface area contributed by atoms with Gasteiger partial charge in [-0.2, -0.15) is 0 Å². The SMILES string of the molecule is NCCOc1cccc(OCC2(C3CC3)CCCCCCC2)c1. The third-order valence-electron chi connectivity index (χ3n) is 5.51. The van der Waals surface area contributed by atoms with Crippen LogP contribution in [-0.2, 0) is 0 Å². The van der Waals surface area contributed by atoms with E-state index in [0.717, 1.165) is 24.0 Å². The predicted molar refractivity (Wildman–Crippen MR) is 94.0 cm³/mol. The standard InChI is InChI=1S/C20H31NO2/c21-13-14-22-18-7-6-8-19(15-18)23-16-20(17-9-10-17)11-4-2-1-3-5-12-20/h6-8,15,17H,1-5,9-14,16,21H2. The molecule has 2 saturated carbocycles. The molecular formula is C20H31NO2. The molecule has 2 aliphatic carbocycles. The molecule has 0 amide bonds. The Morgan fingerprint density at radius 2 is 1.61 bits per heavy atom. The summed E-state index contributed by atoms with van der Waals surface area (Å²) in [5.41, 5.74) is 5.92. The van der Waals surface area contributed by atoms with Crippen LogP contribution in [0.3, 0.4) is 0 Å². The lowest BCUT2D eigenvalue weighted by molar-refractivity contribution is 0.0852. The Kier molecular flexibility index (Phi) is 5.82. The maximum atomic E-state index is 6.26. The average molecular weight is 317 g/mol. The Morgan fingerprint density at radius 1 is 0.957 bits per heavy atom. The molecule has 0 spiro atoms. The highest BCUT2D eigenvalue weighted by molar-refractivity contribution is 5.33. The van der Waals surface area contributed by atoms with Crippen molar-refractivity contribution in [2.24, 2.45) is 17.1 Å². The second-order valence-corrected chi connectivity index (χ2v) is 7.31. The lowest BCUT2D eigenvalue weighted by Gasteiger charge is -2.35. The molecule has 1 aromatic rings. The van der Waals surface area contributed by atoms with Gasteiger partial charge in [-0.1, -0.05) is 38.2 Å². The minimum absolute atomic E-state index is 0.425. The minimum Gasteiger partial charge on any atom is -0.493 e. The van der Waals surface area contributed by atoms with Gasteiger partial charge < -0.3 is 15.2 Å². The molecule has 0 bridgehead atoms. The van der Waals surface area contributed by atoms with Crippen molar-refractivity contribution in [3.8, 4) is 11.5 Å². The van der Waals surface area contributed by atoms with E-state index in [1.165, 1.54) is 57.8 Å². The molecule has 2 fully saturated rings. The average Bonchev–Trinajstić information content (AvgIpc) is 3.38. The fourth-order valence-corrected chi connectivity index (χ4v) is 4.03. The molecule has 0 aliphatic heterocycles. The molecule has 0 saturated heterocycles. The Bertz CT molecular complexity index is 476. The van der Waals surface area contributed by atoms with Gasteiger partial charge in [0.1, 0.15) is 18.1 Å². The highest BCUT2D eigenvalue weighted by Crippen LogP contribution is 2.52. The molecule has 0 radical (unpaired) electrons. The third-order valence-corrected chi connectivity index (χ3v) is 5.51. The van der Waals surface area contributed by atoms with Crippen molar-refractivity contribution in [3.63, 3.8) is 0 Å². The molecule has 0 aromatic heterocycles. The van der Waals surface area contributed by atoms with Crippen molar-refractivity contribution in [2.45, 2.75) is 57.8 Å². The van der Waals surface area contributed by atoms with Crippen molar-refractivity contribution in [2.75, 3.05) is 19.8 Å². The number of rotatable bonds is 7. The van der Waals surface area contributed by atoms with Gasteiger partial charge in [0, 0.05) is 18.0 Å². The van der Waals surface area contributed by atoms with E-state index in [-0.39, 0.29) is 0 Å². The van der Waals surface area contributed by atoms with E-state index in [4.69, 9.17) is 15.2 Å². The summed E-state index contributed by atoms with van der Waals surface area (Å²) in [6.07, 6.45) is 12.5. The minimum atomic E-state index is 0.425. The summed E-state index contributed by atoms with van der Waals surface area (Å²) < 4.78 is 11.9. The fourth-order valence-electron chi connectivity index (χ4n) is 4.03. The molecular weight excluding hydrogens is 286 g/mol. The predicted octanol–water partition coefficient (Wildman–Crippen LogP) is 4.54. The van der Waals surface area contributed by atoms with Crippen LogP contribution in [0.2, 0.25) is 0 Å². The van der Waals surface area contributed by atoms with E-state index in [2.05, 4.69) is 0 Å². The highest BCUT2D eigenvalue weighted by atomic mass is 16.5. The number of hydrogen-bond acceptors (Lipinski definition) is 3. The molecule has 128 valence electrons. The van der Waals surface area contributed by atoms with Gasteiger partial charge in [0.05, 0.1) is 6.61 Å². The normalized spacial score (nSPS) is 21.3. The van der Waals surface area contributed by atoms with E-state index in [1.807, 2.05) is 24.3 Å². The number of benzene rings is 1. The maximum Gasteiger partial charge on any atom is 0.123 e. The van der Waals surface area contributed by atoms with Gasteiger partial charge in [0.25, 0.3) is 0 Å². The topological polar surface area (TPSA) is 44.5 Å². The van der Waals surface area contributed by atoms with Crippen LogP contribution in [0, 0.1) is 11.3 Å². The van der Waals surface area contributed by atoms with Crippen LogP contribution in [-0.4, -0.2) is 19.8 Å². The molecule has 0 heterocycles. The molecule has 2 N–H and O–H groups in total. The molecule has 3 nitrogen and oxygen atoms in total. The first kappa shape index (κ1) is 16.6. The second kappa shape index (κ2) is 8.05. The summed E-state index contributed by atoms with van der Waals surface area (Å²) in [7, 11) is 0. The molecule has 2 aliphatic rings. The van der Waals surface area contributed by atoms with Crippen LogP contribution in [0.15, 0.2) is 24.3 Å². The number of hydrogen-bond donors (Lipinski definition) is 1. The molecule has 3 heteroatoms. The molecule has 0 unspecified atom stereocenters. The van der Waals surface area contributed by atoms with E-state index < -0.39 is 0 Å². The molecule has 23 heavy (non-hydrogen) atoms. The summed E-state index contributed by atoms with van der Waals surface area (Å²) in [5.74, 6) is 2.69.